The Labute approximate surface area is 160 Å². The highest BCUT2D eigenvalue weighted by molar-refractivity contribution is 7.18. The molecule has 2 amide bonds. The van der Waals surface area contributed by atoms with E-state index in [9.17, 15) is 9.59 Å². The van der Waals surface area contributed by atoms with Crippen molar-refractivity contribution in [1.29, 1.82) is 0 Å². The summed E-state index contributed by atoms with van der Waals surface area (Å²) < 4.78 is 6.41. The number of thiazole rings is 1. The van der Waals surface area contributed by atoms with Gasteiger partial charge in [0, 0.05) is 12.2 Å². The van der Waals surface area contributed by atoms with Crippen molar-refractivity contribution in [1.82, 2.24) is 9.88 Å². The van der Waals surface area contributed by atoms with E-state index in [1.165, 1.54) is 0 Å². The molecule has 3 aromatic rings. The summed E-state index contributed by atoms with van der Waals surface area (Å²) in [6.45, 7) is 2.52. The maximum absolute atomic E-state index is 12.9. The highest BCUT2D eigenvalue weighted by atomic mass is 32.1. The van der Waals surface area contributed by atoms with Crippen LogP contribution in [0.4, 0.5) is 5.69 Å². The number of nitrogens with one attached hydrogen (secondary N) is 1. The lowest BCUT2D eigenvalue weighted by Gasteiger charge is -2.34. The number of benzene rings is 2. The lowest BCUT2D eigenvalue weighted by atomic mass is 10.1. The van der Waals surface area contributed by atoms with E-state index < -0.39 is 6.04 Å². The van der Waals surface area contributed by atoms with Gasteiger partial charge in [-0.2, -0.15) is 0 Å². The van der Waals surface area contributed by atoms with Crippen molar-refractivity contribution in [2.24, 2.45) is 0 Å². The molecule has 2 aromatic carbocycles. The monoisotopic (exact) mass is 381 g/mol. The van der Waals surface area contributed by atoms with E-state index in [0.29, 0.717) is 12.2 Å². The van der Waals surface area contributed by atoms with E-state index in [-0.39, 0.29) is 25.0 Å². The average molecular weight is 381 g/mol. The van der Waals surface area contributed by atoms with Crippen LogP contribution in [-0.4, -0.2) is 41.0 Å². The Morgan fingerprint density at radius 3 is 2.93 bits per heavy atom. The molecule has 0 aliphatic carbocycles. The van der Waals surface area contributed by atoms with Crippen molar-refractivity contribution in [3.8, 4) is 0 Å². The zero-order chi connectivity index (χ0) is 18.8. The molecule has 1 aliphatic rings. The minimum atomic E-state index is -0.667. The average Bonchev–Trinajstić information content (AvgIpc) is 3.03. The molecule has 1 aromatic heterocycles. The fourth-order valence-corrected chi connectivity index (χ4v) is 3.95. The molecule has 1 atom stereocenters. The molecule has 7 heteroatoms. The summed E-state index contributed by atoms with van der Waals surface area (Å²) in [5.41, 5.74) is 2.49. The Balaban J connectivity index is 1.53. The number of hydrogen-bond donors (Lipinski definition) is 1. The number of rotatable bonds is 4. The minimum absolute atomic E-state index is 0.000668. The molecule has 4 rings (SSSR count). The number of carbonyl (C=O) groups is 2. The van der Waals surface area contributed by atoms with Crippen LogP contribution in [0.3, 0.4) is 0 Å². The number of carbonyl (C=O) groups excluding carboxylic acids is 2. The highest BCUT2D eigenvalue weighted by Gasteiger charge is 2.34. The van der Waals surface area contributed by atoms with E-state index >= 15 is 0 Å². The van der Waals surface area contributed by atoms with Gasteiger partial charge >= 0.3 is 0 Å². The maximum atomic E-state index is 12.9. The second-order valence-corrected chi connectivity index (χ2v) is 7.68. The van der Waals surface area contributed by atoms with Crippen LogP contribution in [0, 0.1) is 6.92 Å². The molecule has 1 aliphatic heterocycles. The SMILES string of the molecule is Cc1nc2cc(NC(=O)[C@H]3COCC(=O)N3Cc3ccccc3)ccc2s1. The zero-order valence-electron chi connectivity index (χ0n) is 14.8. The van der Waals surface area contributed by atoms with Gasteiger partial charge in [-0.05, 0) is 30.7 Å². The lowest BCUT2D eigenvalue weighted by molar-refractivity contribution is -0.154. The first-order valence-electron chi connectivity index (χ1n) is 8.69. The van der Waals surface area contributed by atoms with Crippen molar-refractivity contribution in [3.63, 3.8) is 0 Å². The van der Waals surface area contributed by atoms with Gasteiger partial charge in [0.05, 0.1) is 21.8 Å². The molecule has 0 saturated carbocycles. The Morgan fingerprint density at radius 2 is 2.11 bits per heavy atom. The summed E-state index contributed by atoms with van der Waals surface area (Å²) in [4.78, 5) is 31.2. The molecule has 0 unspecified atom stereocenters. The molecule has 27 heavy (non-hydrogen) atoms. The zero-order valence-corrected chi connectivity index (χ0v) is 15.7. The summed E-state index contributed by atoms with van der Waals surface area (Å²) >= 11 is 1.61. The number of ether oxygens (including phenoxy) is 1. The summed E-state index contributed by atoms with van der Waals surface area (Å²) in [5.74, 6) is -0.443. The Bertz CT molecular complexity index is 987. The first kappa shape index (κ1) is 17.6. The first-order chi connectivity index (χ1) is 13.1. The number of nitrogens with zero attached hydrogens (tertiary/aromatic N) is 2. The number of aryl methyl sites for hydroxylation is 1. The van der Waals surface area contributed by atoms with Gasteiger partial charge in [-0.3, -0.25) is 9.59 Å². The fraction of sp³-hybridized carbons (Fsp3) is 0.250. The first-order valence-corrected chi connectivity index (χ1v) is 9.51. The van der Waals surface area contributed by atoms with Crippen LogP contribution < -0.4 is 5.32 Å². The number of amides is 2. The highest BCUT2D eigenvalue weighted by Crippen LogP contribution is 2.25. The van der Waals surface area contributed by atoms with Gasteiger partial charge in [0.15, 0.2) is 0 Å². The predicted molar refractivity (Wildman–Crippen MR) is 105 cm³/mol. The summed E-state index contributed by atoms with van der Waals surface area (Å²) in [5, 5.41) is 3.88. The topological polar surface area (TPSA) is 71.5 Å². The van der Waals surface area contributed by atoms with E-state index in [1.54, 1.807) is 16.2 Å². The normalized spacial score (nSPS) is 17.3. The lowest BCUT2D eigenvalue weighted by Crippen LogP contribution is -2.54. The molecular formula is C20H19N3O3S. The van der Waals surface area contributed by atoms with Crippen LogP contribution in [-0.2, 0) is 20.9 Å². The molecular weight excluding hydrogens is 362 g/mol. The third kappa shape index (κ3) is 3.84. The fourth-order valence-electron chi connectivity index (χ4n) is 3.15. The standard InChI is InChI=1S/C20H19N3O3S/c1-13-21-16-9-15(7-8-18(16)27-13)22-20(25)17-11-26-12-19(24)23(17)10-14-5-3-2-4-6-14/h2-9,17H,10-12H2,1H3,(H,22,25)/t17-/m1/s1. The van der Waals surface area contributed by atoms with Gasteiger partial charge in [0.1, 0.15) is 12.6 Å². The molecule has 1 saturated heterocycles. The van der Waals surface area contributed by atoms with E-state index in [4.69, 9.17) is 4.74 Å². The Kier molecular flexibility index (Phi) is 4.87. The van der Waals surface area contributed by atoms with Gasteiger partial charge in [-0.25, -0.2) is 4.98 Å². The Morgan fingerprint density at radius 1 is 1.30 bits per heavy atom. The largest absolute Gasteiger partial charge is 0.369 e. The van der Waals surface area contributed by atoms with Crippen molar-refractivity contribution in [2.75, 3.05) is 18.5 Å². The number of aromatic nitrogens is 1. The molecule has 2 heterocycles. The number of hydrogen-bond acceptors (Lipinski definition) is 5. The maximum Gasteiger partial charge on any atom is 0.249 e. The van der Waals surface area contributed by atoms with E-state index in [0.717, 1.165) is 20.8 Å². The molecule has 0 radical (unpaired) electrons. The van der Waals surface area contributed by atoms with Crippen LogP contribution in [0.15, 0.2) is 48.5 Å². The summed E-state index contributed by atoms with van der Waals surface area (Å²) in [6, 6.07) is 14.6. The quantitative estimate of drug-likeness (QED) is 0.754. The molecule has 1 N–H and O–H groups in total. The summed E-state index contributed by atoms with van der Waals surface area (Å²) in [7, 11) is 0. The van der Waals surface area contributed by atoms with Gasteiger partial charge in [-0.15, -0.1) is 11.3 Å². The predicted octanol–water partition coefficient (Wildman–Crippen LogP) is 2.97. The van der Waals surface area contributed by atoms with Crippen molar-refractivity contribution >= 4 is 39.1 Å². The molecule has 0 spiro atoms. The molecule has 6 nitrogen and oxygen atoms in total. The second kappa shape index (κ2) is 7.46. The van der Waals surface area contributed by atoms with Gasteiger partial charge in [-0.1, -0.05) is 30.3 Å². The van der Waals surface area contributed by atoms with Crippen LogP contribution >= 0.6 is 11.3 Å². The summed E-state index contributed by atoms with van der Waals surface area (Å²) in [6.07, 6.45) is 0. The minimum Gasteiger partial charge on any atom is -0.369 e. The van der Waals surface area contributed by atoms with Crippen LogP contribution in [0.1, 0.15) is 10.6 Å². The smallest absolute Gasteiger partial charge is 0.249 e. The van der Waals surface area contributed by atoms with E-state index in [2.05, 4.69) is 10.3 Å². The van der Waals surface area contributed by atoms with Crippen molar-refractivity contribution < 1.29 is 14.3 Å². The van der Waals surface area contributed by atoms with Gasteiger partial charge in [0.2, 0.25) is 11.8 Å². The van der Waals surface area contributed by atoms with Crippen LogP contribution in [0.2, 0.25) is 0 Å². The number of morpholine rings is 1. The molecule has 1 fully saturated rings. The van der Waals surface area contributed by atoms with Crippen LogP contribution in [0.25, 0.3) is 10.2 Å². The van der Waals surface area contributed by atoms with Gasteiger partial charge < -0.3 is 15.0 Å². The molecule has 0 bridgehead atoms. The Hall–Kier alpha value is -2.77. The van der Waals surface area contributed by atoms with E-state index in [1.807, 2.05) is 55.5 Å². The number of fused-ring (bicyclic) bond motifs is 1. The van der Waals surface area contributed by atoms with Crippen molar-refractivity contribution in [3.05, 3.63) is 59.1 Å². The van der Waals surface area contributed by atoms with Crippen molar-refractivity contribution in [2.45, 2.75) is 19.5 Å². The van der Waals surface area contributed by atoms with Crippen LogP contribution in [0.5, 0.6) is 0 Å². The molecule has 138 valence electrons. The third-order valence-corrected chi connectivity index (χ3v) is 5.41. The number of anilines is 1. The third-order valence-electron chi connectivity index (χ3n) is 4.46. The second-order valence-electron chi connectivity index (χ2n) is 6.44. The van der Waals surface area contributed by atoms with Gasteiger partial charge in [0.25, 0.3) is 0 Å².